The number of rotatable bonds is 4. The van der Waals surface area contributed by atoms with Crippen LogP contribution in [-0.4, -0.2) is 36.4 Å². The molecule has 0 saturated heterocycles. The van der Waals surface area contributed by atoms with Crippen LogP contribution < -0.4 is 10.6 Å². The number of methoxy groups -OCH3 is 1. The molecular weight excluding hydrogens is 260 g/mol. The van der Waals surface area contributed by atoms with Gasteiger partial charge in [0.15, 0.2) is 0 Å². The van der Waals surface area contributed by atoms with E-state index in [1.807, 2.05) is 0 Å². The molecule has 20 heavy (non-hydrogen) atoms. The third kappa shape index (κ3) is 3.48. The lowest BCUT2D eigenvalue weighted by molar-refractivity contribution is 0.0698. The number of benzene rings is 1. The monoisotopic (exact) mass is 278 g/mol. The number of carbonyl (C=O) groups is 2. The van der Waals surface area contributed by atoms with Gasteiger partial charge in [-0.25, -0.2) is 9.59 Å². The van der Waals surface area contributed by atoms with Crippen LogP contribution >= 0.6 is 0 Å². The maximum atomic E-state index is 11.9. The smallest absolute Gasteiger partial charge is 0.337 e. The van der Waals surface area contributed by atoms with Crippen molar-refractivity contribution in [2.45, 2.75) is 31.4 Å². The van der Waals surface area contributed by atoms with Gasteiger partial charge in [0.1, 0.15) is 0 Å². The fourth-order valence-corrected chi connectivity index (χ4v) is 2.41. The van der Waals surface area contributed by atoms with E-state index in [-0.39, 0.29) is 23.7 Å². The van der Waals surface area contributed by atoms with E-state index in [9.17, 15) is 9.59 Å². The molecule has 0 bridgehead atoms. The quantitative estimate of drug-likeness (QED) is 0.786. The summed E-state index contributed by atoms with van der Waals surface area (Å²) in [6.45, 7) is 0. The predicted molar refractivity (Wildman–Crippen MR) is 74.0 cm³/mol. The number of anilines is 1. The summed E-state index contributed by atoms with van der Waals surface area (Å²) in [6.07, 6.45) is 2.76. The lowest BCUT2D eigenvalue weighted by atomic mass is 10.2. The van der Waals surface area contributed by atoms with Crippen molar-refractivity contribution < 1.29 is 19.4 Å². The molecule has 6 nitrogen and oxygen atoms in total. The van der Waals surface area contributed by atoms with E-state index in [1.54, 1.807) is 25.3 Å². The summed E-state index contributed by atoms with van der Waals surface area (Å²) < 4.78 is 5.24. The van der Waals surface area contributed by atoms with Gasteiger partial charge in [-0.15, -0.1) is 0 Å². The van der Waals surface area contributed by atoms with Crippen LogP contribution in [0.3, 0.4) is 0 Å². The van der Waals surface area contributed by atoms with E-state index in [2.05, 4.69) is 10.6 Å². The molecule has 0 radical (unpaired) electrons. The highest BCUT2D eigenvalue weighted by molar-refractivity contribution is 6.00. The van der Waals surface area contributed by atoms with Crippen LogP contribution in [0, 0.1) is 0 Å². The molecule has 0 spiro atoms. The molecule has 1 aliphatic rings. The Morgan fingerprint density at radius 2 is 2.05 bits per heavy atom. The summed E-state index contributed by atoms with van der Waals surface area (Å²) in [7, 11) is 1.66. The van der Waals surface area contributed by atoms with Gasteiger partial charge >= 0.3 is 12.0 Å². The largest absolute Gasteiger partial charge is 0.478 e. The van der Waals surface area contributed by atoms with Gasteiger partial charge in [0.2, 0.25) is 0 Å². The summed E-state index contributed by atoms with van der Waals surface area (Å²) in [5, 5.41) is 14.5. The van der Waals surface area contributed by atoms with Crippen molar-refractivity contribution in [3.05, 3.63) is 29.8 Å². The number of carboxylic acids is 1. The molecule has 108 valence electrons. The van der Waals surface area contributed by atoms with Gasteiger partial charge < -0.3 is 20.5 Å². The first-order valence-corrected chi connectivity index (χ1v) is 6.52. The molecule has 2 amide bonds. The second-order valence-corrected chi connectivity index (χ2v) is 4.82. The topological polar surface area (TPSA) is 87.7 Å². The minimum Gasteiger partial charge on any atom is -0.478 e. The van der Waals surface area contributed by atoms with E-state index in [1.165, 1.54) is 6.07 Å². The van der Waals surface area contributed by atoms with Crippen LogP contribution in [0.15, 0.2) is 24.3 Å². The predicted octanol–water partition coefficient (Wildman–Crippen LogP) is 2.07. The summed E-state index contributed by atoms with van der Waals surface area (Å²) in [5.74, 6) is -1.07. The van der Waals surface area contributed by atoms with E-state index in [4.69, 9.17) is 9.84 Å². The maximum Gasteiger partial charge on any atom is 0.337 e. The Morgan fingerprint density at radius 1 is 1.30 bits per heavy atom. The summed E-state index contributed by atoms with van der Waals surface area (Å²) >= 11 is 0. The first-order valence-electron chi connectivity index (χ1n) is 6.52. The van der Waals surface area contributed by atoms with Gasteiger partial charge in [0, 0.05) is 13.2 Å². The second kappa shape index (κ2) is 6.38. The van der Waals surface area contributed by atoms with Crippen LogP contribution in [-0.2, 0) is 4.74 Å². The van der Waals surface area contributed by atoms with Gasteiger partial charge in [-0.2, -0.15) is 0 Å². The molecule has 1 aromatic carbocycles. The van der Waals surface area contributed by atoms with Gasteiger partial charge in [-0.1, -0.05) is 12.1 Å². The minimum atomic E-state index is -1.07. The number of ether oxygens (including phenoxy) is 1. The molecular formula is C14H18N2O4. The van der Waals surface area contributed by atoms with Crippen LogP contribution in [0.5, 0.6) is 0 Å². The first kappa shape index (κ1) is 14.3. The number of hydrogen-bond donors (Lipinski definition) is 3. The average molecular weight is 278 g/mol. The Labute approximate surface area is 117 Å². The number of nitrogens with one attached hydrogen (secondary N) is 2. The Hall–Kier alpha value is -2.08. The van der Waals surface area contributed by atoms with Crippen LogP contribution in [0.1, 0.15) is 29.6 Å². The standard InChI is InChI=1S/C14H18N2O4/c1-20-10-7-6-9(8-10)15-14(19)16-12-5-3-2-4-11(12)13(17)18/h2-5,9-10H,6-8H2,1H3,(H,17,18)(H2,15,16,19). The molecule has 2 rings (SSSR count). The van der Waals surface area contributed by atoms with Gasteiger partial charge in [-0.05, 0) is 31.4 Å². The number of para-hydroxylation sites is 1. The zero-order valence-corrected chi connectivity index (χ0v) is 11.3. The van der Waals surface area contributed by atoms with Crippen molar-refractivity contribution >= 4 is 17.7 Å². The maximum absolute atomic E-state index is 11.9. The molecule has 2 unspecified atom stereocenters. The molecule has 0 aromatic heterocycles. The highest BCUT2D eigenvalue weighted by Crippen LogP contribution is 2.21. The molecule has 2 atom stereocenters. The Kier molecular flexibility index (Phi) is 4.57. The molecule has 1 saturated carbocycles. The zero-order chi connectivity index (χ0) is 14.5. The number of hydrogen-bond acceptors (Lipinski definition) is 3. The van der Waals surface area contributed by atoms with E-state index < -0.39 is 5.97 Å². The number of carboxylic acid groups (broad SMARTS) is 1. The molecule has 0 aliphatic heterocycles. The highest BCUT2D eigenvalue weighted by Gasteiger charge is 2.25. The number of carbonyl (C=O) groups excluding carboxylic acids is 1. The number of amides is 2. The van der Waals surface area contributed by atoms with E-state index in [0.717, 1.165) is 19.3 Å². The number of aromatic carboxylic acids is 1. The first-order chi connectivity index (χ1) is 9.60. The molecule has 0 heterocycles. The van der Waals surface area contributed by atoms with Crippen molar-refractivity contribution in [2.24, 2.45) is 0 Å². The fourth-order valence-electron chi connectivity index (χ4n) is 2.41. The molecule has 1 fully saturated rings. The summed E-state index contributed by atoms with van der Waals surface area (Å²) in [4.78, 5) is 22.9. The normalized spacial score (nSPS) is 21.4. The highest BCUT2D eigenvalue weighted by atomic mass is 16.5. The van der Waals surface area contributed by atoms with Crippen molar-refractivity contribution in [3.8, 4) is 0 Å². The minimum absolute atomic E-state index is 0.0666. The summed E-state index contributed by atoms with van der Waals surface area (Å²) in [6, 6.07) is 5.99. The Bertz CT molecular complexity index is 504. The van der Waals surface area contributed by atoms with Gasteiger partial charge in [0.25, 0.3) is 0 Å². The van der Waals surface area contributed by atoms with Crippen molar-refractivity contribution in [1.29, 1.82) is 0 Å². The van der Waals surface area contributed by atoms with Crippen LogP contribution in [0.2, 0.25) is 0 Å². The van der Waals surface area contributed by atoms with Crippen LogP contribution in [0.25, 0.3) is 0 Å². The zero-order valence-electron chi connectivity index (χ0n) is 11.3. The SMILES string of the molecule is COC1CCC(NC(=O)Nc2ccccc2C(=O)O)C1. The fraction of sp³-hybridized carbons (Fsp3) is 0.429. The van der Waals surface area contributed by atoms with Gasteiger partial charge in [-0.3, -0.25) is 0 Å². The van der Waals surface area contributed by atoms with E-state index >= 15 is 0 Å². The van der Waals surface area contributed by atoms with E-state index in [0.29, 0.717) is 5.69 Å². The lowest BCUT2D eigenvalue weighted by Crippen LogP contribution is -2.37. The third-order valence-corrected chi connectivity index (χ3v) is 3.46. The molecule has 1 aromatic rings. The second-order valence-electron chi connectivity index (χ2n) is 4.82. The van der Waals surface area contributed by atoms with Crippen molar-refractivity contribution in [3.63, 3.8) is 0 Å². The van der Waals surface area contributed by atoms with Crippen molar-refractivity contribution in [2.75, 3.05) is 12.4 Å². The number of urea groups is 1. The average Bonchev–Trinajstić information content (AvgIpc) is 2.86. The van der Waals surface area contributed by atoms with Crippen LogP contribution in [0.4, 0.5) is 10.5 Å². The Morgan fingerprint density at radius 3 is 2.70 bits per heavy atom. The molecule has 3 N–H and O–H groups in total. The third-order valence-electron chi connectivity index (χ3n) is 3.46. The van der Waals surface area contributed by atoms with Gasteiger partial charge in [0.05, 0.1) is 17.4 Å². The molecule has 1 aliphatic carbocycles. The lowest BCUT2D eigenvalue weighted by Gasteiger charge is -2.14. The molecule has 6 heteroatoms. The van der Waals surface area contributed by atoms with Crippen molar-refractivity contribution in [1.82, 2.24) is 5.32 Å². The Balaban J connectivity index is 1.94. The summed E-state index contributed by atoms with van der Waals surface area (Å²) in [5.41, 5.74) is 0.364.